The van der Waals surface area contributed by atoms with Gasteiger partial charge in [-0.3, -0.25) is 0 Å². The molecule has 0 bridgehead atoms. The third kappa shape index (κ3) is 8.49. The summed E-state index contributed by atoms with van der Waals surface area (Å²) in [5, 5.41) is 11.4. The number of methoxy groups -OCH3 is 1. The van der Waals surface area contributed by atoms with Gasteiger partial charge in [0.05, 0.1) is 6.10 Å². The number of carbonyl (C=O) groups is 1. The Morgan fingerprint density at radius 1 is 1.38 bits per heavy atom. The van der Waals surface area contributed by atoms with E-state index in [2.05, 4.69) is 5.32 Å². The van der Waals surface area contributed by atoms with E-state index in [1.165, 1.54) is 0 Å². The van der Waals surface area contributed by atoms with Gasteiger partial charge in [-0.25, -0.2) is 4.79 Å². The van der Waals surface area contributed by atoms with Crippen molar-refractivity contribution in [1.82, 2.24) is 5.32 Å². The molecule has 0 aliphatic rings. The molecule has 5 nitrogen and oxygen atoms in total. The summed E-state index contributed by atoms with van der Waals surface area (Å²) in [4.78, 5) is 11.3. The third-order valence-electron chi connectivity index (χ3n) is 1.92. The van der Waals surface area contributed by atoms with Crippen LogP contribution >= 0.6 is 0 Å². The van der Waals surface area contributed by atoms with Gasteiger partial charge in [0.25, 0.3) is 0 Å². The number of amides is 1. The summed E-state index contributed by atoms with van der Waals surface area (Å²) < 4.78 is 10.2. The van der Waals surface area contributed by atoms with Crippen molar-refractivity contribution in [2.45, 2.75) is 45.3 Å². The van der Waals surface area contributed by atoms with Crippen molar-refractivity contribution in [3.05, 3.63) is 0 Å². The number of hydrogen-bond acceptors (Lipinski definition) is 4. The maximum absolute atomic E-state index is 11.3. The predicted octanol–water partition coefficient (Wildman–Crippen LogP) is 1.30. The molecule has 16 heavy (non-hydrogen) atoms. The van der Waals surface area contributed by atoms with Gasteiger partial charge in [0.15, 0.2) is 0 Å². The zero-order valence-electron chi connectivity index (χ0n) is 10.6. The lowest BCUT2D eigenvalue weighted by Gasteiger charge is -2.20. The summed E-state index contributed by atoms with van der Waals surface area (Å²) >= 11 is 0. The van der Waals surface area contributed by atoms with E-state index >= 15 is 0 Å². The summed E-state index contributed by atoms with van der Waals surface area (Å²) in [5.74, 6) is 0. The minimum Gasteiger partial charge on any atom is -0.444 e. The first-order chi connectivity index (χ1) is 7.39. The smallest absolute Gasteiger partial charge is 0.407 e. The Morgan fingerprint density at radius 2 is 2.00 bits per heavy atom. The van der Waals surface area contributed by atoms with Crippen LogP contribution in [0.5, 0.6) is 0 Å². The van der Waals surface area contributed by atoms with Gasteiger partial charge in [0.1, 0.15) is 5.60 Å². The molecule has 0 saturated heterocycles. The predicted molar refractivity (Wildman–Crippen MR) is 61.4 cm³/mol. The molecular weight excluding hydrogens is 210 g/mol. The van der Waals surface area contributed by atoms with Gasteiger partial charge >= 0.3 is 6.09 Å². The monoisotopic (exact) mass is 233 g/mol. The van der Waals surface area contributed by atoms with Gasteiger partial charge in [-0.1, -0.05) is 0 Å². The average molecular weight is 233 g/mol. The summed E-state index contributed by atoms with van der Waals surface area (Å²) in [5.41, 5.74) is -0.476. The van der Waals surface area contributed by atoms with Crippen LogP contribution in [0.15, 0.2) is 0 Å². The fraction of sp³-hybridized carbons (Fsp3) is 0.909. The molecule has 0 saturated carbocycles. The van der Waals surface area contributed by atoms with E-state index < -0.39 is 11.7 Å². The zero-order chi connectivity index (χ0) is 12.6. The van der Waals surface area contributed by atoms with Crippen LogP contribution in [0, 0.1) is 0 Å². The first kappa shape index (κ1) is 15.2. The van der Waals surface area contributed by atoms with Gasteiger partial charge in [-0.05, 0) is 33.6 Å². The molecule has 0 aliphatic heterocycles. The molecule has 0 aromatic rings. The van der Waals surface area contributed by atoms with Crippen LogP contribution in [-0.4, -0.2) is 43.2 Å². The van der Waals surface area contributed by atoms with E-state index in [1.54, 1.807) is 7.11 Å². The van der Waals surface area contributed by atoms with E-state index in [4.69, 9.17) is 14.6 Å². The number of aliphatic hydroxyl groups excluding tert-OH is 1. The Hall–Kier alpha value is -0.810. The van der Waals surface area contributed by atoms with Gasteiger partial charge in [0, 0.05) is 20.3 Å². The number of ether oxygens (including phenoxy) is 2. The molecule has 0 aliphatic carbocycles. The second-order valence-corrected chi connectivity index (χ2v) is 4.59. The van der Waals surface area contributed by atoms with Crippen LogP contribution in [0.3, 0.4) is 0 Å². The first-order valence-corrected chi connectivity index (χ1v) is 5.49. The van der Waals surface area contributed by atoms with E-state index in [-0.39, 0.29) is 12.7 Å². The lowest BCUT2D eigenvalue weighted by molar-refractivity contribution is 0.0487. The minimum atomic E-state index is -0.476. The highest BCUT2D eigenvalue weighted by atomic mass is 16.6. The summed E-state index contributed by atoms with van der Waals surface area (Å²) in [6, 6.07) is 0. The Kier molecular flexibility index (Phi) is 7.08. The van der Waals surface area contributed by atoms with Crippen LogP contribution in [-0.2, 0) is 9.47 Å². The van der Waals surface area contributed by atoms with Crippen molar-refractivity contribution in [3.63, 3.8) is 0 Å². The second kappa shape index (κ2) is 7.46. The molecule has 0 spiro atoms. The van der Waals surface area contributed by atoms with Crippen molar-refractivity contribution in [1.29, 1.82) is 0 Å². The normalized spacial score (nSPS) is 13.3. The van der Waals surface area contributed by atoms with Crippen LogP contribution in [0.25, 0.3) is 0 Å². The lowest BCUT2D eigenvalue weighted by atomic mass is 10.2. The molecule has 1 amide bonds. The standard InChI is InChI=1S/C11H23NO4/c1-11(2,3)16-10(14)12-7-5-9(15-4)6-8-13/h9,13H,5-8H2,1-4H3,(H,12,14). The molecule has 0 radical (unpaired) electrons. The van der Waals surface area contributed by atoms with Gasteiger partial charge in [-0.15, -0.1) is 0 Å². The highest BCUT2D eigenvalue weighted by Gasteiger charge is 2.16. The first-order valence-electron chi connectivity index (χ1n) is 5.49. The lowest BCUT2D eigenvalue weighted by Crippen LogP contribution is -2.34. The number of alkyl carbamates (subject to hydrolysis) is 1. The maximum atomic E-state index is 11.3. The highest BCUT2D eigenvalue weighted by molar-refractivity contribution is 5.67. The van der Waals surface area contributed by atoms with Crippen molar-refractivity contribution in [3.8, 4) is 0 Å². The van der Waals surface area contributed by atoms with E-state index in [0.29, 0.717) is 19.4 Å². The molecule has 5 heteroatoms. The average Bonchev–Trinajstić information content (AvgIpc) is 2.13. The Morgan fingerprint density at radius 3 is 2.44 bits per heavy atom. The quantitative estimate of drug-likeness (QED) is 0.725. The molecule has 0 fully saturated rings. The van der Waals surface area contributed by atoms with Crippen molar-refractivity contribution < 1.29 is 19.4 Å². The molecule has 0 heterocycles. The van der Waals surface area contributed by atoms with Gasteiger partial charge < -0.3 is 19.9 Å². The molecule has 1 unspecified atom stereocenters. The topological polar surface area (TPSA) is 67.8 Å². The van der Waals surface area contributed by atoms with Crippen LogP contribution in [0.1, 0.15) is 33.6 Å². The van der Waals surface area contributed by atoms with Gasteiger partial charge in [0.2, 0.25) is 0 Å². The highest BCUT2D eigenvalue weighted by Crippen LogP contribution is 2.06. The molecule has 0 aromatic heterocycles. The van der Waals surface area contributed by atoms with Crippen LogP contribution in [0.2, 0.25) is 0 Å². The van der Waals surface area contributed by atoms with Gasteiger partial charge in [-0.2, -0.15) is 0 Å². The van der Waals surface area contributed by atoms with Crippen molar-refractivity contribution in [2.24, 2.45) is 0 Å². The molecule has 2 N–H and O–H groups in total. The SMILES string of the molecule is COC(CCO)CCNC(=O)OC(C)(C)C. The largest absolute Gasteiger partial charge is 0.444 e. The molecule has 1 atom stereocenters. The number of carbonyl (C=O) groups excluding carboxylic acids is 1. The summed E-state index contributed by atoms with van der Waals surface area (Å²) in [6.07, 6.45) is 0.786. The second-order valence-electron chi connectivity index (χ2n) is 4.59. The molecular formula is C11H23NO4. The van der Waals surface area contributed by atoms with E-state index in [0.717, 1.165) is 0 Å². The number of rotatable bonds is 6. The summed E-state index contributed by atoms with van der Waals surface area (Å²) in [7, 11) is 1.59. The number of hydrogen-bond donors (Lipinski definition) is 2. The van der Waals surface area contributed by atoms with E-state index in [9.17, 15) is 4.79 Å². The summed E-state index contributed by atoms with van der Waals surface area (Å²) in [6.45, 7) is 6.02. The molecule has 96 valence electrons. The van der Waals surface area contributed by atoms with Crippen molar-refractivity contribution >= 4 is 6.09 Å². The third-order valence-corrected chi connectivity index (χ3v) is 1.92. The molecule has 0 rings (SSSR count). The number of aliphatic hydroxyl groups is 1. The Balaban J connectivity index is 3.68. The Labute approximate surface area is 97.1 Å². The van der Waals surface area contributed by atoms with E-state index in [1.807, 2.05) is 20.8 Å². The zero-order valence-corrected chi connectivity index (χ0v) is 10.6. The fourth-order valence-corrected chi connectivity index (χ4v) is 1.17. The minimum absolute atomic E-state index is 0.0278. The van der Waals surface area contributed by atoms with Crippen LogP contribution < -0.4 is 5.32 Å². The fourth-order valence-electron chi connectivity index (χ4n) is 1.17. The molecule has 0 aromatic carbocycles. The number of nitrogens with one attached hydrogen (secondary N) is 1. The van der Waals surface area contributed by atoms with Crippen LogP contribution in [0.4, 0.5) is 4.79 Å². The Bertz CT molecular complexity index is 201. The van der Waals surface area contributed by atoms with Crippen molar-refractivity contribution in [2.75, 3.05) is 20.3 Å². The maximum Gasteiger partial charge on any atom is 0.407 e.